The van der Waals surface area contributed by atoms with E-state index in [1.54, 1.807) is 0 Å². The Bertz CT molecular complexity index is 646. The van der Waals surface area contributed by atoms with Crippen molar-refractivity contribution in [2.45, 2.75) is 77.0 Å². The van der Waals surface area contributed by atoms with E-state index in [9.17, 15) is 4.79 Å². The van der Waals surface area contributed by atoms with Gasteiger partial charge in [0.2, 0.25) is 0 Å². The van der Waals surface area contributed by atoms with Gasteiger partial charge in [0.1, 0.15) is 6.33 Å². The molecule has 1 aromatic carbocycles. The van der Waals surface area contributed by atoms with Crippen LogP contribution in [0, 0.1) is 0 Å². The summed E-state index contributed by atoms with van der Waals surface area (Å²) in [6, 6.07) is 10.7. The summed E-state index contributed by atoms with van der Waals surface area (Å²) in [5.74, 6) is 0.194. The van der Waals surface area contributed by atoms with Gasteiger partial charge in [-0.1, -0.05) is 82.2 Å². The SMILES string of the molecule is CCCCCCCCCC(CCCOC(=O)c1cncnc1)c1ccccc1. The number of aromatic nitrogens is 2. The van der Waals surface area contributed by atoms with Gasteiger partial charge in [-0.3, -0.25) is 0 Å². The Balaban J connectivity index is 1.71. The molecular formula is C24H34N2O2. The normalized spacial score (nSPS) is 11.9. The monoisotopic (exact) mass is 382 g/mol. The molecule has 0 bridgehead atoms. The first kappa shape index (κ1) is 22.1. The number of hydrogen-bond acceptors (Lipinski definition) is 4. The van der Waals surface area contributed by atoms with Crippen LogP contribution < -0.4 is 0 Å². The highest BCUT2D eigenvalue weighted by molar-refractivity contribution is 5.88. The van der Waals surface area contributed by atoms with Gasteiger partial charge in [-0.25, -0.2) is 14.8 Å². The summed E-state index contributed by atoms with van der Waals surface area (Å²) in [6.07, 6.45) is 16.8. The van der Waals surface area contributed by atoms with Gasteiger partial charge in [0.15, 0.2) is 0 Å². The third-order valence-corrected chi connectivity index (χ3v) is 5.15. The van der Waals surface area contributed by atoms with Crippen molar-refractivity contribution in [3.05, 3.63) is 60.2 Å². The van der Waals surface area contributed by atoms with Crippen LogP contribution in [0.15, 0.2) is 49.1 Å². The maximum absolute atomic E-state index is 12.0. The van der Waals surface area contributed by atoms with Crippen molar-refractivity contribution >= 4 is 5.97 Å². The standard InChI is InChI=1S/C24H34N2O2/c1-2-3-4-5-6-7-9-13-22(21-14-10-8-11-15-21)16-12-17-28-24(27)23-18-25-20-26-19-23/h8,10-11,14-15,18-20,22H,2-7,9,12-13,16-17H2,1H3. The minimum atomic E-state index is -0.344. The summed E-state index contributed by atoms with van der Waals surface area (Å²) in [6.45, 7) is 2.70. The first-order chi connectivity index (χ1) is 13.8. The maximum Gasteiger partial charge on any atom is 0.341 e. The van der Waals surface area contributed by atoms with Gasteiger partial charge < -0.3 is 4.74 Å². The van der Waals surface area contributed by atoms with E-state index in [1.165, 1.54) is 75.7 Å². The van der Waals surface area contributed by atoms with Gasteiger partial charge in [0, 0.05) is 12.4 Å². The van der Waals surface area contributed by atoms with Crippen molar-refractivity contribution in [1.29, 1.82) is 0 Å². The fourth-order valence-corrected chi connectivity index (χ4v) is 3.53. The van der Waals surface area contributed by atoms with Crippen LogP contribution in [0.1, 0.15) is 93.0 Å². The molecule has 0 N–H and O–H groups in total. The summed E-state index contributed by atoms with van der Waals surface area (Å²) < 4.78 is 5.38. The molecule has 2 aromatic rings. The van der Waals surface area contributed by atoms with Crippen LogP contribution in [0.25, 0.3) is 0 Å². The highest BCUT2D eigenvalue weighted by Gasteiger charge is 2.12. The molecule has 0 aliphatic carbocycles. The van der Waals surface area contributed by atoms with E-state index in [0.29, 0.717) is 18.1 Å². The molecule has 0 amide bonds. The molecule has 4 nitrogen and oxygen atoms in total. The van der Waals surface area contributed by atoms with Gasteiger partial charge in [0.25, 0.3) is 0 Å². The van der Waals surface area contributed by atoms with Crippen LogP contribution in [0.3, 0.4) is 0 Å². The fraction of sp³-hybridized carbons (Fsp3) is 0.542. The van der Waals surface area contributed by atoms with Gasteiger partial charge >= 0.3 is 5.97 Å². The van der Waals surface area contributed by atoms with Crippen LogP contribution in [-0.4, -0.2) is 22.5 Å². The van der Waals surface area contributed by atoms with Gasteiger partial charge in [-0.05, 0) is 30.7 Å². The third-order valence-electron chi connectivity index (χ3n) is 5.15. The largest absolute Gasteiger partial charge is 0.462 e. The van der Waals surface area contributed by atoms with Gasteiger partial charge in [0.05, 0.1) is 12.2 Å². The smallest absolute Gasteiger partial charge is 0.341 e. The molecule has 0 aliphatic rings. The Kier molecular flexibility index (Phi) is 10.9. The molecule has 0 aliphatic heterocycles. The molecule has 1 unspecified atom stereocenters. The third kappa shape index (κ3) is 8.64. The molecule has 0 radical (unpaired) electrons. The lowest BCUT2D eigenvalue weighted by Gasteiger charge is -2.17. The van der Waals surface area contributed by atoms with Crippen LogP contribution in [0.2, 0.25) is 0 Å². The van der Waals surface area contributed by atoms with E-state index < -0.39 is 0 Å². The van der Waals surface area contributed by atoms with E-state index in [1.807, 2.05) is 0 Å². The lowest BCUT2D eigenvalue weighted by Crippen LogP contribution is -2.08. The van der Waals surface area contributed by atoms with Crippen molar-refractivity contribution in [2.24, 2.45) is 0 Å². The second kappa shape index (κ2) is 13.9. The Morgan fingerprint density at radius 1 is 0.893 bits per heavy atom. The molecule has 1 atom stereocenters. The number of hydrogen-bond donors (Lipinski definition) is 0. The summed E-state index contributed by atoms with van der Waals surface area (Å²) in [4.78, 5) is 19.7. The Morgan fingerprint density at radius 3 is 2.25 bits per heavy atom. The number of benzene rings is 1. The number of unbranched alkanes of at least 4 members (excludes halogenated alkanes) is 6. The zero-order chi connectivity index (χ0) is 19.9. The summed E-state index contributed by atoms with van der Waals surface area (Å²) in [7, 11) is 0. The predicted molar refractivity (Wildman–Crippen MR) is 113 cm³/mol. The number of rotatable bonds is 14. The average Bonchev–Trinajstić information content (AvgIpc) is 2.75. The molecule has 0 saturated carbocycles. The van der Waals surface area contributed by atoms with Gasteiger partial charge in [-0.2, -0.15) is 0 Å². The molecule has 28 heavy (non-hydrogen) atoms. The highest BCUT2D eigenvalue weighted by atomic mass is 16.5. The van der Waals surface area contributed by atoms with E-state index in [0.717, 1.165) is 12.8 Å². The predicted octanol–water partition coefficient (Wildman–Crippen LogP) is 6.34. The zero-order valence-corrected chi connectivity index (χ0v) is 17.2. The molecule has 0 spiro atoms. The average molecular weight is 383 g/mol. The first-order valence-electron chi connectivity index (χ1n) is 10.8. The topological polar surface area (TPSA) is 52.1 Å². The Labute approximate surface area is 169 Å². The number of carbonyl (C=O) groups is 1. The van der Waals surface area contributed by atoms with Crippen molar-refractivity contribution < 1.29 is 9.53 Å². The minimum absolute atomic E-state index is 0.344. The van der Waals surface area contributed by atoms with Crippen molar-refractivity contribution in [2.75, 3.05) is 6.61 Å². The van der Waals surface area contributed by atoms with Crippen molar-refractivity contribution in [1.82, 2.24) is 9.97 Å². The van der Waals surface area contributed by atoms with E-state index in [4.69, 9.17) is 4.74 Å². The highest BCUT2D eigenvalue weighted by Crippen LogP contribution is 2.27. The summed E-state index contributed by atoms with van der Waals surface area (Å²) >= 11 is 0. The van der Waals surface area contributed by atoms with Crippen LogP contribution in [0.4, 0.5) is 0 Å². The van der Waals surface area contributed by atoms with Crippen molar-refractivity contribution in [3.8, 4) is 0 Å². The molecule has 1 heterocycles. The lowest BCUT2D eigenvalue weighted by atomic mass is 9.89. The molecule has 4 heteroatoms. The molecule has 0 saturated heterocycles. The molecular weight excluding hydrogens is 348 g/mol. The number of esters is 1. The lowest BCUT2D eigenvalue weighted by molar-refractivity contribution is 0.0495. The van der Waals surface area contributed by atoms with Crippen LogP contribution in [-0.2, 0) is 4.74 Å². The maximum atomic E-state index is 12.0. The summed E-state index contributed by atoms with van der Waals surface area (Å²) in [5.41, 5.74) is 1.81. The van der Waals surface area contributed by atoms with E-state index in [2.05, 4.69) is 47.2 Å². The molecule has 0 fully saturated rings. The van der Waals surface area contributed by atoms with E-state index in [-0.39, 0.29) is 5.97 Å². The molecule has 1 aromatic heterocycles. The van der Waals surface area contributed by atoms with Gasteiger partial charge in [-0.15, -0.1) is 0 Å². The van der Waals surface area contributed by atoms with Crippen molar-refractivity contribution in [3.63, 3.8) is 0 Å². The van der Waals surface area contributed by atoms with Crippen LogP contribution >= 0.6 is 0 Å². The Hall–Kier alpha value is -2.23. The summed E-state index contributed by atoms with van der Waals surface area (Å²) in [5, 5.41) is 0. The second-order valence-electron chi connectivity index (χ2n) is 7.42. The molecule has 152 valence electrons. The minimum Gasteiger partial charge on any atom is -0.462 e. The van der Waals surface area contributed by atoms with E-state index >= 15 is 0 Å². The number of ether oxygens (including phenoxy) is 1. The molecule has 2 rings (SSSR count). The zero-order valence-electron chi connectivity index (χ0n) is 17.2. The first-order valence-corrected chi connectivity index (χ1v) is 10.8. The fourth-order valence-electron chi connectivity index (χ4n) is 3.53. The number of carbonyl (C=O) groups excluding carboxylic acids is 1. The number of nitrogens with zero attached hydrogens (tertiary/aromatic N) is 2. The Morgan fingerprint density at radius 2 is 1.54 bits per heavy atom. The second-order valence-corrected chi connectivity index (χ2v) is 7.42. The van der Waals surface area contributed by atoms with Crippen LogP contribution in [0.5, 0.6) is 0 Å². The quantitative estimate of drug-likeness (QED) is 0.283.